The number of esters is 2. The summed E-state index contributed by atoms with van der Waals surface area (Å²) >= 11 is 0.899. The Hall–Kier alpha value is -5.11. The Kier molecular flexibility index (Phi) is 6.90. The van der Waals surface area contributed by atoms with Gasteiger partial charge in [0.2, 0.25) is 0 Å². The lowest BCUT2D eigenvalue weighted by molar-refractivity contribution is -0.385. The first-order valence-electron chi connectivity index (χ1n) is 10.7. The van der Waals surface area contributed by atoms with Crippen LogP contribution in [0.15, 0.2) is 58.9 Å². The predicted molar refractivity (Wildman–Crippen MR) is 135 cm³/mol. The third kappa shape index (κ3) is 4.43. The Labute approximate surface area is 216 Å². The zero-order valence-corrected chi connectivity index (χ0v) is 20.6. The molecule has 0 saturated heterocycles. The Morgan fingerprint density at radius 3 is 1.92 bits per heavy atom. The molecule has 1 aliphatic heterocycles. The number of carbonyl (C=O) groups is 2. The highest BCUT2D eigenvalue weighted by Crippen LogP contribution is 2.38. The molecule has 1 unspecified atom stereocenters. The predicted octanol–water partition coefficient (Wildman–Crippen LogP) is 0.976. The first-order valence-corrected chi connectivity index (χ1v) is 11.5. The first-order chi connectivity index (χ1) is 18.1. The first kappa shape index (κ1) is 26.0. The molecule has 38 heavy (non-hydrogen) atoms. The second kappa shape index (κ2) is 10.1. The number of hydrogen-bond acceptors (Lipinski definition) is 11. The molecule has 3 aromatic rings. The highest BCUT2D eigenvalue weighted by Gasteiger charge is 2.39. The molecule has 2 N–H and O–H groups in total. The lowest BCUT2D eigenvalue weighted by atomic mass is 9.83. The van der Waals surface area contributed by atoms with Crippen LogP contribution in [0.1, 0.15) is 17.0 Å². The van der Waals surface area contributed by atoms with Gasteiger partial charge in [-0.2, -0.15) is 0 Å². The Morgan fingerprint density at radius 1 is 0.921 bits per heavy atom. The van der Waals surface area contributed by atoms with Crippen molar-refractivity contribution in [3.63, 3.8) is 0 Å². The maximum Gasteiger partial charge on any atom is 0.338 e. The number of hydrogen-bond donors (Lipinski definition) is 1. The molecule has 0 fully saturated rings. The number of fused-ring (bicyclic) bond motifs is 1. The minimum absolute atomic E-state index is 0.0866. The molecule has 0 radical (unpaired) electrons. The van der Waals surface area contributed by atoms with Crippen LogP contribution in [0.4, 0.5) is 11.4 Å². The monoisotopic (exact) mass is 538 g/mol. The number of rotatable bonds is 6. The van der Waals surface area contributed by atoms with E-state index in [4.69, 9.17) is 15.2 Å². The quantitative estimate of drug-likeness (QED) is 0.269. The van der Waals surface area contributed by atoms with Gasteiger partial charge in [-0.1, -0.05) is 12.1 Å². The highest BCUT2D eigenvalue weighted by molar-refractivity contribution is 7.07. The van der Waals surface area contributed by atoms with Gasteiger partial charge in [0, 0.05) is 24.3 Å². The summed E-state index contributed by atoms with van der Waals surface area (Å²) in [6.45, 7) is 0. The van der Waals surface area contributed by atoms with Gasteiger partial charge in [-0.15, -0.1) is 11.3 Å². The van der Waals surface area contributed by atoms with E-state index in [1.807, 2.05) is 0 Å². The average Bonchev–Trinajstić information content (AvgIpc) is 3.23. The molecule has 14 heteroatoms. The molecule has 13 nitrogen and oxygen atoms in total. The number of aromatic nitrogens is 1. The zero-order valence-electron chi connectivity index (χ0n) is 19.8. The van der Waals surface area contributed by atoms with Crippen molar-refractivity contribution in [1.29, 1.82) is 0 Å². The van der Waals surface area contributed by atoms with E-state index in [9.17, 15) is 34.6 Å². The number of thiazole rings is 1. The zero-order chi connectivity index (χ0) is 27.7. The molecule has 4 rings (SSSR count). The Morgan fingerprint density at radius 2 is 1.42 bits per heavy atom. The molecule has 0 spiro atoms. The van der Waals surface area contributed by atoms with Crippen LogP contribution >= 0.6 is 11.3 Å². The van der Waals surface area contributed by atoms with E-state index >= 15 is 0 Å². The second-order valence-electron chi connectivity index (χ2n) is 7.88. The fraction of sp³-hybridized carbons (Fsp3) is 0.125. The summed E-state index contributed by atoms with van der Waals surface area (Å²) in [6, 6.07) is 10.6. The number of nitro benzene ring substituents is 2. The second-order valence-corrected chi connectivity index (χ2v) is 8.91. The number of ether oxygens (including phenoxy) is 2. The van der Waals surface area contributed by atoms with Crippen molar-refractivity contribution in [2.75, 3.05) is 14.2 Å². The third-order valence-electron chi connectivity index (χ3n) is 5.80. The minimum Gasteiger partial charge on any atom is -0.466 e. The minimum atomic E-state index is -1.17. The number of carbonyl (C=O) groups excluding carboxylic acids is 2. The van der Waals surface area contributed by atoms with Crippen LogP contribution < -0.4 is 20.5 Å². The summed E-state index contributed by atoms with van der Waals surface area (Å²) in [5, 5.41) is 22.1. The Balaban J connectivity index is 2.05. The standard InChI is InChI=1S/C24H18N4O9S/c1-36-23(30)18-17(13-5-9-15(10-6-13)28(34)35)19(24(31)37-2)22-26(20(18)25)21(29)16(38-22)11-12-3-7-14(8-4-12)27(32)33/h3-11,17H,25H2,1-2H3/b16-11-. The fourth-order valence-corrected chi connectivity index (χ4v) is 5.20. The number of methoxy groups -OCH3 is 2. The van der Waals surface area contributed by atoms with Gasteiger partial charge in [-0.05, 0) is 29.3 Å². The number of nitrogens with zero attached hydrogens (tertiary/aromatic N) is 3. The fourth-order valence-electron chi connectivity index (χ4n) is 4.03. The number of nitrogens with two attached hydrogens (primary N) is 1. The van der Waals surface area contributed by atoms with Gasteiger partial charge in [0.25, 0.3) is 16.9 Å². The van der Waals surface area contributed by atoms with E-state index in [-0.39, 0.29) is 37.5 Å². The average molecular weight is 538 g/mol. The van der Waals surface area contributed by atoms with E-state index < -0.39 is 33.3 Å². The number of nitro groups is 2. The van der Waals surface area contributed by atoms with Gasteiger partial charge in [-0.25, -0.2) is 9.59 Å². The van der Waals surface area contributed by atoms with Crippen molar-refractivity contribution in [2.24, 2.45) is 5.73 Å². The molecule has 0 aliphatic carbocycles. The van der Waals surface area contributed by atoms with Gasteiger partial charge in [-0.3, -0.25) is 29.6 Å². The topological polar surface area (TPSA) is 187 Å². The summed E-state index contributed by atoms with van der Waals surface area (Å²) in [6.07, 6.45) is 1.46. The molecule has 1 aromatic heterocycles. The smallest absolute Gasteiger partial charge is 0.338 e. The summed E-state index contributed by atoms with van der Waals surface area (Å²) in [5.74, 6) is -3.23. The van der Waals surface area contributed by atoms with Crippen LogP contribution in [-0.4, -0.2) is 40.6 Å². The number of benzene rings is 2. The van der Waals surface area contributed by atoms with E-state index in [0.29, 0.717) is 11.1 Å². The summed E-state index contributed by atoms with van der Waals surface area (Å²) in [4.78, 5) is 60.3. The molecule has 2 aromatic carbocycles. The molecule has 194 valence electrons. The van der Waals surface area contributed by atoms with Crippen LogP contribution in [0.5, 0.6) is 0 Å². The van der Waals surface area contributed by atoms with Gasteiger partial charge in [0.1, 0.15) is 10.5 Å². The summed E-state index contributed by atoms with van der Waals surface area (Å²) in [7, 11) is 2.23. The summed E-state index contributed by atoms with van der Waals surface area (Å²) < 4.78 is 11.1. The molecule has 1 atom stereocenters. The number of non-ortho nitro benzene ring substituents is 2. The van der Waals surface area contributed by atoms with E-state index in [1.54, 1.807) is 0 Å². The van der Waals surface area contributed by atoms with E-state index in [1.165, 1.54) is 54.6 Å². The van der Waals surface area contributed by atoms with E-state index in [0.717, 1.165) is 30.1 Å². The summed E-state index contributed by atoms with van der Waals surface area (Å²) in [5.41, 5.74) is 5.77. The maximum atomic E-state index is 13.4. The third-order valence-corrected chi connectivity index (χ3v) is 6.91. The molecule has 0 amide bonds. The van der Waals surface area contributed by atoms with Crippen molar-refractivity contribution >= 4 is 52.1 Å². The van der Waals surface area contributed by atoms with Gasteiger partial charge in [0.05, 0.1) is 45.7 Å². The highest BCUT2D eigenvalue weighted by atomic mass is 32.1. The van der Waals surface area contributed by atoms with Crippen LogP contribution in [0.25, 0.3) is 17.5 Å². The van der Waals surface area contributed by atoms with Crippen LogP contribution in [-0.2, 0) is 19.1 Å². The van der Waals surface area contributed by atoms with Crippen LogP contribution in [0.3, 0.4) is 0 Å². The maximum absolute atomic E-state index is 13.4. The lowest BCUT2D eigenvalue weighted by Crippen LogP contribution is -2.41. The van der Waals surface area contributed by atoms with Crippen molar-refractivity contribution < 1.29 is 28.9 Å². The van der Waals surface area contributed by atoms with Crippen molar-refractivity contribution in [3.8, 4) is 0 Å². The molecule has 1 aliphatic rings. The molecular weight excluding hydrogens is 520 g/mol. The van der Waals surface area contributed by atoms with Crippen molar-refractivity contribution in [2.45, 2.75) is 5.92 Å². The molecule has 2 heterocycles. The van der Waals surface area contributed by atoms with Crippen molar-refractivity contribution in [1.82, 2.24) is 4.57 Å². The van der Waals surface area contributed by atoms with Gasteiger partial charge in [0.15, 0.2) is 0 Å². The molecule has 0 bridgehead atoms. The largest absolute Gasteiger partial charge is 0.466 e. The molecule has 0 saturated carbocycles. The van der Waals surface area contributed by atoms with Crippen LogP contribution in [0.2, 0.25) is 0 Å². The molecular formula is C24H18N4O9S. The Bertz CT molecular complexity index is 1700. The lowest BCUT2D eigenvalue weighted by Gasteiger charge is -2.26. The SMILES string of the molecule is COC(=O)C1=C(N)n2c(s/c(=C\c3ccc([N+](=O)[O-])cc3)c2=O)=C(C(=O)OC)C1c1ccc([N+](=O)[O-])cc1. The van der Waals surface area contributed by atoms with Crippen LogP contribution in [0, 0.1) is 20.2 Å². The van der Waals surface area contributed by atoms with Gasteiger partial charge < -0.3 is 15.2 Å². The van der Waals surface area contributed by atoms with Crippen molar-refractivity contribution in [3.05, 3.63) is 105 Å². The van der Waals surface area contributed by atoms with Gasteiger partial charge >= 0.3 is 11.9 Å². The normalized spacial score (nSPS) is 15.2. The van der Waals surface area contributed by atoms with E-state index in [2.05, 4.69) is 0 Å².